The molecule has 194 valence electrons. The molecule has 1 aromatic heterocycles. The van der Waals surface area contributed by atoms with Crippen molar-refractivity contribution in [3.05, 3.63) is 107 Å². The zero-order valence-corrected chi connectivity index (χ0v) is 22.1. The molecule has 1 aliphatic rings. The first-order valence-electron chi connectivity index (χ1n) is 12.5. The Balaban J connectivity index is 1.45. The van der Waals surface area contributed by atoms with E-state index in [-0.39, 0.29) is 24.9 Å². The average molecular weight is 529 g/mol. The molecule has 0 spiro atoms. The molecule has 0 fully saturated rings. The van der Waals surface area contributed by atoms with Crippen molar-refractivity contribution in [3.8, 4) is 17.0 Å². The van der Waals surface area contributed by atoms with Crippen LogP contribution < -0.4 is 10.1 Å². The summed E-state index contributed by atoms with van der Waals surface area (Å²) in [6.45, 7) is 2.68. The van der Waals surface area contributed by atoms with Crippen LogP contribution in [0.4, 0.5) is 0 Å². The van der Waals surface area contributed by atoms with Gasteiger partial charge in [-0.3, -0.25) is 14.3 Å². The number of nitrogens with one attached hydrogen (secondary N) is 1. The SMILES string of the molecule is COc1ccccc1CNC(=O)C1(C)Cn2nc(-c3ccccc3)cc2C(=O)N1CCc1ccc(Cl)cc1. The number of rotatable bonds is 8. The van der Waals surface area contributed by atoms with Gasteiger partial charge in [-0.25, -0.2) is 0 Å². The Hall–Kier alpha value is -4.10. The Labute approximate surface area is 227 Å². The Morgan fingerprint density at radius 2 is 1.76 bits per heavy atom. The molecule has 2 heterocycles. The fourth-order valence-corrected chi connectivity index (χ4v) is 4.97. The number of methoxy groups -OCH3 is 1. The van der Waals surface area contributed by atoms with Gasteiger partial charge in [0.2, 0.25) is 5.91 Å². The number of halogens is 1. The van der Waals surface area contributed by atoms with Crippen molar-refractivity contribution in [1.29, 1.82) is 0 Å². The van der Waals surface area contributed by atoms with Gasteiger partial charge in [0.05, 0.1) is 19.3 Å². The quantitative estimate of drug-likeness (QED) is 0.350. The molecule has 38 heavy (non-hydrogen) atoms. The first kappa shape index (κ1) is 25.5. The molecule has 1 atom stereocenters. The number of fused-ring (bicyclic) bond motifs is 1. The minimum atomic E-state index is -1.15. The van der Waals surface area contributed by atoms with E-state index in [1.165, 1.54) is 0 Å². The summed E-state index contributed by atoms with van der Waals surface area (Å²) in [4.78, 5) is 29.3. The van der Waals surface area contributed by atoms with E-state index in [1.807, 2.05) is 78.9 Å². The molecule has 1 aliphatic heterocycles. The highest BCUT2D eigenvalue weighted by Crippen LogP contribution is 2.31. The summed E-state index contributed by atoms with van der Waals surface area (Å²) < 4.78 is 7.09. The highest BCUT2D eigenvalue weighted by molar-refractivity contribution is 6.30. The maximum absolute atomic E-state index is 13.9. The lowest BCUT2D eigenvalue weighted by molar-refractivity contribution is -0.133. The third-order valence-electron chi connectivity index (χ3n) is 7.03. The fraction of sp³-hybridized carbons (Fsp3) is 0.233. The summed E-state index contributed by atoms with van der Waals surface area (Å²) in [6.07, 6.45) is 0.581. The van der Waals surface area contributed by atoms with Gasteiger partial charge < -0.3 is 15.0 Å². The van der Waals surface area contributed by atoms with Crippen molar-refractivity contribution in [1.82, 2.24) is 20.0 Å². The normalized spacial score (nSPS) is 16.7. The minimum absolute atomic E-state index is 0.227. The van der Waals surface area contributed by atoms with E-state index >= 15 is 0 Å². The predicted octanol–water partition coefficient (Wildman–Crippen LogP) is 4.99. The summed E-state index contributed by atoms with van der Waals surface area (Å²) >= 11 is 6.05. The molecule has 0 saturated carbocycles. The zero-order valence-electron chi connectivity index (χ0n) is 21.4. The Morgan fingerprint density at radius 1 is 1.05 bits per heavy atom. The average Bonchev–Trinajstić information content (AvgIpc) is 3.37. The number of amides is 2. The van der Waals surface area contributed by atoms with Crippen LogP contribution in [0.3, 0.4) is 0 Å². The highest BCUT2D eigenvalue weighted by atomic mass is 35.5. The number of hydrogen-bond donors (Lipinski definition) is 1. The van der Waals surface area contributed by atoms with Gasteiger partial charge in [0.25, 0.3) is 5.91 Å². The van der Waals surface area contributed by atoms with Crippen LogP contribution in [0.1, 0.15) is 28.5 Å². The van der Waals surface area contributed by atoms with Crippen LogP contribution in [0.25, 0.3) is 11.3 Å². The second-order valence-corrected chi connectivity index (χ2v) is 9.98. The van der Waals surface area contributed by atoms with Crippen LogP contribution in [-0.2, 0) is 24.3 Å². The number of carbonyl (C=O) groups excluding carboxylic acids is 2. The van der Waals surface area contributed by atoms with E-state index < -0.39 is 5.54 Å². The van der Waals surface area contributed by atoms with Crippen LogP contribution in [-0.4, -0.2) is 45.7 Å². The van der Waals surface area contributed by atoms with Crippen molar-refractivity contribution in [2.45, 2.75) is 32.0 Å². The van der Waals surface area contributed by atoms with Gasteiger partial charge in [-0.05, 0) is 43.2 Å². The van der Waals surface area contributed by atoms with Crippen molar-refractivity contribution in [2.75, 3.05) is 13.7 Å². The molecule has 0 aliphatic carbocycles. The molecule has 0 bridgehead atoms. The number of carbonyl (C=O) groups is 2. The molecule has 5 rings (SSSR count). The predicted molar refractivity (Wildman–Crippen MR) is 147 cm³/mol. The van der Waals surface area contributed by atoms with Crippen molar-refractivity contribution < 1.29 is 14.3 Å². The smallest absolute Gasteiger partial charge is 0.273 e. The van der Waals surface area contributed by atoms with Crippen LogP contribution in [0.5, 0.6) is 5.75 Å². The Bertz CT molecular complexity index is 1450. The third kappa shape index (κ3) is 5.02. The lowest BCUT2D eigenvalue weighted by Crippen LogP contribution is -2.64. The molecule has 0 saturated heterocycles. The summed E-state index contributed by atoms with van der Waals surface area (Å²) in [5.74, 6) is 0.212. The summed E-state index contributed by atoms with van der Waals surface area (Å²) in [5.41, 5.74) is 2.81. The fourth-order valence-electron chi connectivity index (χ4n) is 4.85. The number of para-hydroxylation sites is 1. The van der Waals surface area contributed by atoms with Crippen molar-refractivity contribution >= 4 is 23.4 Å². The molecule has 7 nitrogen and oxygen atoms in total. The lowest BCUT2D eigenvalue weighted by atomic mass is 9.94. The highest BCUT2D eigenvalue weighted by Gasteiger charge is 2.47. The zero-order chi connectivity index (χ0) is 26.7. The molecule has 1 unspecified atom stereocenters. The van der Waals surface area contributed by atoms with E-state index in [1.54, 1.807) is 29.7 Å². The van der Waals surface area contributed by atoms with Gasteiger partial charge in [-0.2, -0.15) is 5.10 Å². The Kier molecular flexibility index (Phi) is 7.20. The lowest BCUT2D eigenvalue weighted by Gasteiger charge is -2.43. The maximum Gasteiger partial charge on any atom is 0.273 e. The largest absolute Gasteiger partial charge is 0.496 e. The molecule has 4 aromatic rings. The number of aromatic nitrogens is 2. The molecule has 2 amide bonds. The molecule has 1 N–H and O–H groups in total. The minimum Gasteiger partial charge on any atom is -0.496 e. The van der Waals surface area contributed by atoms with Crippen molar-refractivity contribution in [3.63, 3.8) is 0 Å². The monoisotopic (exact) mass is 528 g/mol. The first-order valence-corrected chi connectivity index (χ1v) is 12.9. The number of nitrogens with zero attached hydrogens (tertiary/aromatic N) is 3. The summed E-state index contributed by atoms with van der Waals surface area (Å²) in [6, 6.07) is 26.6. The van der Waals surface area contributed by atoms with Crippen molar-refractivity contribution in [2.24, 2.45) is 0 Å². The van der Waals surface area contributed by atoms with Crippen LogP contribution in [0.15, 0.2) is 84.9 Å². The second-order valence-electron chi connectivity index (χ2n) is 9.54. The molecule has 0 radical (unpaired) electrons. The van der Waals surface area contributed by atoms with Gasteiger partial charge in [0.15, 0.2) is 0 Å². The number of ether oxygens (including phenoxy) is 1. The van der Waals surface area contributed by atoms with Gasteiger partial charge in [0, 0.05) is 29.2 Å². The summed E-state index contributed by atoms with van der Waals surface area (Å²) in [7, 11) is 1.60. The maximum atomic E-state index is 13.9. The van der Waals surface area contributed by atoms with Gasteiger partial charge in [-0.15, -0.1) is 0 Å². The molecular formula is C30H29ClN4O3. The van der Waals surface area contributed by atoms with E-state index in [9.17, 15) is 9.59 Å². The van der Waals surface area contributed by atoms with Crippen LogP contribution >= 0.6 is 11.6 Å². The molecule has 8 heteroatoms. The first-order chi connectivity index (χ1) is 18.4. The third-order valence-corrected chi connectivity index (χ3v) is 7.28. The van der Waals surface area contributed by atoms with Gasteiger partial charge in [0.1, 0.15) is 17.0 Å². The molecular weight excluding hydrogens is 500 g/mol. The Morgan fingerprint density at radius 3 is 2.50 bits per heavy atom. The van der Waals surface area contributed by atoms with Crippen LogP contribution in [0, 0.1) is 0 Å². The number of hydrogen-bond acceptors (Lipinski definition) is 4. The molecule has 3 aromatic carbocycles. The van der Waals surface area contributed by atoms with E-state index in [0.29, 0.717) is 35.1 Å². The van der Waals surface area contributed by atoms with Gasteiger partial charge >= 0.3 is 0 Å². The summed E-state index contributed by atoms with van der Waals surface area (Å²) in [5, 5.41) is 8.40. The van der Waals surface area contributed by atoms with E-state index in [4.69, 9.17) is 21.4 Å². The van der Waals surface area contributed by atoms with E-state index in [2.05, 4.69) is 5.32 Å². The van der Waals surface area contributed by atoms with E-state index in [0.717, 1.165) is 16.7 Å². The standard InChI is InChI=1S/C30H29ClN4O3/c1-30(29(37)32-19-23-10-6-7-11-27(23)38-2)20-35-26(18-25(33-35)22-8-4-3-5-9-22)28(36)34(30)17-16-21-12-14-24(31)15-13-21/h3-15,18H,16-17,19-20H2,1-2H3,(H,32,37). The van der Waals surface area contributed by atoms with Gasteiger partial charge in [-0.1, -0.05) is 72.3 Å². The number of benzene rings is 3. The topological polar surface area (TPSA) is 76.5 Å². The van der Waals surface area contributed by atoms with Crippen LogP contribution in [0.2, 0.25) is 5.02 Å². The second kappa shape index (κ2) is 10.7.